The molecule has 0 amide bonds. The predicted octanol–water partition coefficient (Wildman–Crippen LogP) is 1.47. The fraction of sp³-hybridized carbons (Fsp3) is 0.917. The molecule has 118 valence electrons. The second-order valence-corrected chi connectivity index (χ2v) is 5.05. The molecule has 1 heterocycles. The second kappa shape index (κ2) is 7.68. The average molecular weight is 296 g/mol. The number of hydrogen-bond acceptors (Lipinski definition) is 4. The summed E-state index contributed by atoms with van der Waals surface area (Å²) in [5.41, 5.74) is 5.64. The predicted molar refractivity (Wildman–Crippen MR) is 70.8 cm³/mol. The number of nitrogens with zero attached hydrogens (tertiary/aromatic N) is 3. The number of amidine groups is 1. The molecule has 0 saturated carbocycles. The van der Waals surface area contributed by atoms with Crippen LogP contribution in [-0.2, 0) is 0 Å². The van der Waals surface area contributed by atoms with Gasteiger partial charge in [-0.25, -0.2) is 0 Å². The van der Waals surface area contributed by atoms with E-state index in [0.717, 1.165) is 19.5 Å². The van der Waals surface area contributed by atoms with Gasteiger partial charge in [0.2, 0.25) is 0 Å². The van der Waals surface area contributed by atoms with E-state index in [4.69, 9.17) is 10.9 Å². The van der Waals surface area contributed by atoms with Crippen LogP contribution >= 0.6 is 0 Å². The van der Waals surface area contributed by atoms with Crippen molar-refractivity contribution >= 4 is 5.84 Å². The maximum Gasteiger partial charge on any atom is 0.389 e. The molecule has 1 aliphatic rings. The van der Waals surface area contributed by atoms with E-state index in [1.165, 1.54) is 0 Å². The third-order valence-corrected chi connectivity index (χ3v) is 3.63. The van der Waals surface area contributed by atoms with Crippen molar-refractivity contribution in [2.75, 3.05) is 32.7 Å². The molecular formula is C12H23F3N4O. The number of nitrogens with two attached hydrogens (primary N) is 1. The van der Waals surface area contributed by atoms with Gasteiger partial charge >= 0.3 is 6.18 Å². The maximum atomic E-state index is 12.1. The van der Waals surface area contributed by atoms with Crippen LogP contribution in [0.3, 0.4) is 0 Å². The van der Waals surface area contributed by atoms with Gasteiger partial charge in [-0.15, -0.1) is 0 Å². The topological polar surface area (TPSA) is 65.1 Å². The van der Waals surface area contributed by atoms with Crippen LogP contribution in [-0.4, -0.2) is 65.8 Å². The van der Waals surface area contributed by atoms with Gasteiger partial charge in [0.15, 0.2) is 5.84 Å². The van der Waals surface area contributed by atoms with Crippen molar-refractivity contribution < 1.29 is 18.4 Å². The third kappa shape index (κ3) is 5.54. The smallest absolute Gasteiger partial charge is 0.389 e. The van der Waals surface area contributed by atoms with Gasteiger partial charge in [-0.3, -0.25) is 4.90 Å². The molecule has 1 aliphatic heterocycles. The largest absolute Gasteiger partial charge is 0.409 e. The highest BCUT2D eigenvalue weighted by atomic mass is 19.4. The lowest BCUT2D eigenvalue weighted by Gasteiger charge is -2.38. The first kappa shape index (κ1) is 17.0. The minimum atomic E-state index is -4.07. The summed E-state index contributed by atoms with van der Waals surface area (Å²) in [5.74, 6) is 0.193. The van der Waals surface area contributed by atoms with E-state index in [1.54, 1.807) is 0 Å². The van der Waals surface area contributed by atoms with E-state index in [9.17, 15) is 13.2 Å². The highest BCUT2D eigenvalue weighted by molar-refractivity contribution is 5.85. The number of hydrogen-bond donors (Lipinski definition) is 2. The molecule has 0 aromatic heterocycles. The first-order chi connectivity index (χ1) is 9.37. The molecule has 3 N–H and O–H groups in total. The summed E-state index contributed by atoms with van der Waals surface area (Å²) in [7, 11) is 0. The first-order valence-electron chi connectivity index (χ1n) is 6.88. The Hall–Kier alpha value is -1.02. The van der Waals surface area contributed by atoms with Crippen LogP contribution in [0.1, 0.15) is 26.2 Å². The van der Waals surface area contributed by atoms with Gasteiger partial charge in [-0.2, -0.15) is 13.2 Å². The summed E-state index contributed by atoms with van der Waals surface area (Å²) >= 11 is 0. The molecule has 0 aliphatic carbocycles. The van der Waals surface area contributed by atoms with Crippen LogP contribution in [0.25, 0.3) is 0 Å². The fourth-order valence-electron chi connectivity index (χ4n) is 2.52. The van der Waals surface area contributed by atoms with Crippen LogP contribution in [0, 0.1) is 0 Å². The van der Waals surface area contributed by atoms with E-state index in [1.807, 2.05) is 11.8 Å². The number of piperazine rings is 1. The van der Waals surface area contributed by atoms with Crippen molar-refractivity contribution in [3.63, 3.8) is 0 Å². The number of halogens is 3. The summed E-state index contributed by atoms with van der Waals surface area (Å²) < 4.78 is 36.2. The summed E-state index contributed by atoms with van der Waals surface area (Å²) in [6.45, 7) is 5.30. The van der Waals surface area contributed by atoms with Gasteiger partial charge < -0.3 is 15.8 Å². The lowest BCUT2D eigenvalue weighted by molar-refractivity contribution is -0.136. The Balaban J connectivity index is 2.32. The Kier molecular flexibility index (Phi) is 6.54. The van der Waals surface area contributed by atoms with Gasteiger partial charge in [0.1, 0.15) is 0 Å². The van der Waals surface area contributed by atoms with E-state index in [2.05, 4.69) is 10.1 Å². The van der Waals surface area contributed by atoms with Crippen molar-refractivity contribution in [2.45, 2.75) is 38.4 Å². The van der Waals surface area contributed by atoms with Crippen LogP contribution in [0.5, 0.6) is 0 Å². The zero-order valence-electron chi connectivity index (χ0n) is 11.7. The van der Waals surface area contributed by atoms with Crippen LogP contribution in [0.4, 0.5) is 13.2 Å². The molecule has 1 atom stereocenters. The van der Waals surface area contributed by atoms with Crippen molar-refractivity contribution in [2.24, 2.45) is 10.9 Å². The van der Waals surface area contributed by atoms with Crippen molar-refractivity contribution in [3.05, 3.63) is 0 Å². The van der Waals surface area contributed by atoms with E-state index >= 15 is 0 Å². The standard InChI is InChI=1S/C12H23F3N4O/c1-2-10(11(16)17-20)19-8-6-18(7-9-19)5-3-4-12(13,14)15/h10,20H,2-9H2,1H3,(H2,16,17). The number of oxime groups is 1. The van der Waals surface area contributed by atoms with Crippen molar-refractivity contribution in [1.29, 1.82) is 0 Å². The van der Waals surface area contributed by atoms with E-state index < -0.39 is 12.6 Å². The maximum absolute atomic E-state index is 12.1. The molecule has 1 unspecified atom stereocenters. The first-order valence-corrected chi connectivity index (χ1v) is 6.88. The molecule has 1 fully saturated rings. The van der Waals surface area contributed by atoms with Crippen molar-refractivity contribution in [3.8, 4) is 0 Å². The molecule has 0 radical (unpaired) electrons. The molecule has 0 bridgehead atoms. The average Bonchev–Trinajstić information content (AvgIpc) is 2.39. The molecule has 20 heavy (non-hydrogen) atoms. The molecule has 5 nitrogen and oxygen atoms in total. The van der Waals surface area contributed by atoms with Crippen LogP contribution in [0.15, 0.2) is 5.16 Å². The fourth-order valence-corrected chi connectivity index (χ4v) is 2.52. The number of rotatable bonds is 6. The molecule has 8 heteroatoms. The Morgan fingerprint density at radius 1 is 1.30 bits per heavy atom. The van der Waals surface area contributed by atoms with Gasteiger partial charge in [-0.05, 0) is 19.4 Å². The minimum Gasteiger partial charge on any atom is -0.409 e. The SMILES string of the molecule is CCC(C(N)=NO)N1CCN(CCCC(F)(F)F)CC1. The molecule has 0 aromatic rings. The Morgan fingerprint density at radius 2 is 1.90 bits per heavy atom. The Morgan fingerprint density at radius 3 is 2.35 bits per heavy atom. The quantitative estimate of drug-likeness (QED) is 0.337. The summed E-state index contributed by atoms with van der Waals surface area (Å²) in [5, 5.41) is 11.8. The summed E-state index contributed by atoms with van der Waals surface area (Å²) in [6, 6.07) is -0.0997. The lowest BCUT2D eigenvalue weighted by Crippen LogP contribution is -2.54. The van der Waals surface area contributed by atoms with Gasteiger partial charge in [0.25, 0.3) is 0 Å². The highest BCUT2D eigenvalue weighted by Gasteiger charge is 2.28. The monoisotopic (exact) mass is 296 g/mol. The normalized spacial score (nSPS) is 21.1. The Labute approximate surface area is 117 Å². The molecule has 1 saturated heterocycles. The second-order valence-electron chi connectivity index (χ2n) is 5.05. The number of alkyl halides is 3. The van der Waals surface area contributed by atoms with Gasteiger partial charge in [-0.1, -0.05) is 12.1 Å². The molecule has 0 aromatic carbocycles. The van der Waals surface area contributed by atoms with Crippen LogP contribution in [0.2, 0.25) is 0 Å². The molecular weight excluding hydrogens is 273 g/mol. The van der Waals surface area contributed by atoms with Crippen molar-refractivity contribution in [1.82, 2.24) is 9.80 Å². The molecule has 0 spiro atoms. The molecule has 1 rings (SSSR count). The van der Waals surface area contributed by atoms with Crippen LogP contribution < -0.4 is 5.73 Å². The minimum absolute atomic E-state index is 0.0997. The third-order valence-electron chi connectivity index (χ3n) is 3.63. The van der Waals surface area contributed by atoms with E-state index in [0.29, 0.717) is 19.6 Å². The zero-order chi connectivity index (χ0) is 15.2. The highest BCUT2D eigenvalue weighted by Crippen LogP contribution is 2.21. The summed E-state index contributed by atoms with van der Waals surface area (Å²) in [6.07, 6.45) is -3.92. The zero-order valence-corrected chi connectivity index (χ0v) is 11.7. The van der Waals surface area contributed by atoms with Gasteiger partial charge in [0.05, 0.1) is 6.04 Å². The van der Waals surface area contributed by atoms with E-state index in [-0.39, 0.29) is 18.3 Å². The van der Waals surface area contributed by atoms with Gasteiger partial charge in [0, 0.05) is 32.6 Å². The summed E-state index contributed by atoms with van der Waals surface area (Å²) in [4.78, 5) is 4.14. The lowest BCUT2D eigenvalue weighted by atomic mass is 10.1. The Bertz CT molecular complexity index is 314.